The Labute approximate surface area is 107 Å². The summed E-state index contributed by atoms with van der Waals surface area (Å²) in [6, 6.07) is 8.04. The summed E-state index contributed by atoms with van der Waals surface area (Å²) in [7, 11) is 0. The van der Waals surface area contributed by atoms with E-state index in [1.54, 1.807) is 0 Å². The molecule has 0 aliphatic carbocycles. The maximum Gasteiger partial charge on any atom is 0.133 e. The van der Waals surface area contributed by atoms with Gasteiger partial charge in [-0.05, 0) is 40.4 Å². The summed E-state index contributed by atoms with van der Waals surface area (Å²) in [4.78, 5) is 0. The fourth-order valence-electron chi connectivity index (χ4n) is 1.67. The summed E-state index contributed by atoms with van der Waals surface area (Å²) < 4.78 is 6.88. The Hall–Kier alpha value is -0.500. The van der Waals surface area contributed by atoms with Gasteiger partial charge in [-0.2, -0.15) is 0 Å². The molecule has 0 fully saturated rings. The molecule has 0 aliphatic heterocycles. The third-order valence-corrected chi connectivity index (χ3v) is 3.51. The van der Waals surface area contributed by atoms with Crippen molar-refractivity contribution >= 4 is 15.9 Å². The SMILES string of the molecule is CCCCC(CC)COc1ccccc1Br. The molecule has 16 heavy (non-hydrogen) atoms. The first-order chi connectivity index (χ1) is 7.77. The Morgan fingerprint density at radius 2 is 2.00 bits per heavy atom. The third kappa shape index (κ3) is 4.56. The molecule has 1 rings (SSSR count). The number of unbranched alkanes of at least 4 members (excludes halogenated alkanes) is 1. The van der Waals surface area contributed by atoms with Gasteiger partial charge in [0, 0.05) is 0 Å². The number of hydrogen-bond acceptors (Lipinski definition) is 1. The minimum atomic E-state index is 0.687. The Morgan fingerprint density at radius 3 is 2.62 bits per heavy atom. The molecule has 2 heteroatoms. The molecule has 1 atom stereocenters. The van der Waals surface area contributed by atoms with Crippen molar-refractivity contribution < 1.29 is 4.74 Å². The number of halogens is 1. The van der Waals surface area contributed by atoms with Gasteiger partial charge in [0.2, 0.25) is 0 Å². The van der Waals surface area contributed by atoms with Crippen LogP contribution in [0.4, 0.5) is 0 Å². The molecule has 0 bridgehead atoms. The highest BCUT2D eigenvalue weighted by molar-refractivity contribution is 9.10. The van der Waals surface area contributed by atoms with Gasteiger partial charge >= 0.3 is 0 Å². The van der Waals surface area contributed by atoms with Gasteiger partial charge in [-0.3, -0.25) is 0 Å². The van der Waals surface area contributed by atoms with Gasteiger partial charge in [0.1, 0.15) is 5.75 Å². The Kier molecular flexibility index (Phi) is 6.55. The monoisotopic (exact) mass is 284 g/mol. The summed E-state index contributed by atoms with van der Waals surface area (Å²) in [6.07, 6.45) is 5.05. The molecule has 0 heterocycles. The molecule has 0 N–H and O–H groups in total. The second kappa shape index (κ2) is 7.72. The highest BCUT2D eigenvalue weighted by atomic mass is 79.9. The Morgan fingerprint density at radius 1 is 1.25 bits per heavy atom. The van der Waals surface area contributed by atoms with E-state index in [1.807, 2.05) is 24.3 Å². The van der Waals surface area contributed by atoms with Crippen molar-refractivity contribution in [3.05, 3.63) is 28.7 Å². The lowest BCUT2D eigenvalue weighted by Crippen LogP contribution is -2.11. The fourth-order valence-corrected chi connectivity index (χ4v) is 2.07. The van der Waals surface area contributed by atoms with Crippen LogP contribution in [0.3, 0.4) is 0 Å². The van der Waals surface area contributed by atoms with Crippen molar-refractivity contribution in [3.63, 3.8) is 0 Å². The minimum absolute atomic E-state index is 0.687. The lowest BCUT2D eigenvalue weighted by molar-refractivity contribution is 0.232. The quantitative estimate of drug-likeness (QED) is 0.681. The van der Waals surface area contributed by atoms with Crippen LogP contribution in [0.25, 0.3) is 0 Å². The van der Waals surface area contributed by atoms with Crippen molar-refractivity contribution in [1.82, 2.24) is 0 Å². The number of para-hydroxylation sites is 1. The second-order valence-corrected chi connectivity index (χ2v) is 5.01. The lowest BCUT2D eigenvalue weighted by atomic mass is 10.0. The molecule has 0 amide bonds. The summed E-state index contributed by atoms with van der Waals surface area (Å²) in [5.41, 5.74) is 0. The first-order valence-electron chi connectivity index (χ1n) is 6.15. The fraction of sp³-hybridized carbons (Fsp3) is 0.571. The molecule has 0 aromatic heterocycles. The van der Waals surface area contributed by atoms with Crippen LogP contribution in [0.1, 0.15) is 39.5 Å². The van der Waals surface area contributed by atoms with Crippen LogP contribution in [0, 0.1) is 5.92 Å². The topological polar surface area (TPSA) is 9.23 Å². The van der Waals surface area contributed by atoms with E-state index in [9.17, 15) is 0 Å². The molecule has 0 saturated carbocycles. The number of hydrogen-bond donors (Lipinski definition) is 0. The van der Waals surface area contributed by atoms with E-state index in [0.717, 1.165) is 16.8 Å². The average molecular weight is 285 g/mol. The van der Waals surface area contributed by atoms with Gasteiger partial charge in [0.15, 0.2) is 0 Å². The molecule has 1 unspecified atom stereocenters. The van der Waals surface area contributed by atoms with E-state index in [-0.39, 0.29) is 0 Å². The van der Waals surface area contributed by atoms with E-state index in [1.165, 1.54) is 25.7 Å². The molecular weight excluding hydrogens is 264 g/mol. The predicted molar refractivity (Wildman–Crippen MR) is 72.9 cm³/mol. The Balaban J connectivity index is 2.40. The molecule has 1 aromatic carbocycles. The second-order valence-electron chi connectivity index (χ2n) is 4.16. The molecule has 1 nitrogen and oxygen atoms in total. The molecular formula is C14H21BrO. The number of ether oxygens (including phenoxy) is 1. The largest absolute Gasteiger partial charge is 0.492 e. The summed E-state index contributed by atoms with van der Waals surface area (Å²) >= 11 is 3.50. The number of benzene rings is 1. The molecule has 1 aromatic rings. The average Bonchev–Trinajstić information content (AvgIpc) is 2.31. The van der Waals surface area contributed by atoms with E-state index >= 15 is 0 Å². The third-order valence-electron chi connectivity index (χ3n) is 2.85. The molecule has 0 aliphatic rings. The highest BCUT2D eigenvalue weighted by Gasteiger charge is 2.07. The zero-order valence-corrected chi connectivity index (χ0v) is 11.8. The van der Waals surface area contributed by atoms with E-state index in [2.05, 4.69) is 29.8 Å². The van der Waals surface area contributed by atoms with Crippen molar-refractivity contribution in [3.8, 4) is 5.75 Å². The van der Waals surface area contributed by atoms with Crippen LogP contribution in [0.2, 0.25) is 0 Å². The predicted octanol–water partition coefficient (Wildman–Crippen LogP) is 5.04. The minimum Gasteiger partial charge on any atom is -0.492 e. The van der Waals surface area contributed by atoms with Gasteiger partial charge < -0.3 is 4.74 Å². The van der Waals surface area contributed by atoms with Crippen molar-refractivity contribution in [2.24, 2.45) is 5.92 Å². The van der Waals surface area contributed by atoms with E-state index < -0.39 is 0 Å². The van der Waals surface area contributed by atoms with Crippen molar-refractivity contribution in [1.29, 1.82) is 0 Å². The maximum atomic E-state index is 5.84. The standard InChI is InChI=1S/C14H21BrO/c1-3-5-8-12(4-2)11-16-14-10-7-6-9-13(14)15/h6-7,9-10,12H,3-5,8,11H2,1-2H3. The van der Waals surface area contributed by atoms with Crippen LogP contribution in [0.5, 0.6) is 5.75 Å². The summed E-state index contributed by atoms with van der Waals surface area (Å²) in [5.74, 6) is 1.64. The smallest absolute Gasteiger partial charge is 0.133 e. The normalized spacial score (nSPS) is 12.4. The zero-order valence-electron chi connectivity index (χ0n) is 10.2. The van der Waals surface area contributed by atoms with Crippen LogP contribution >= 0.6 is 15.9 Å². The zero-order chi connectivity index (χ0) is 11.8. The maximum absolute atomic E-state index is 5.84. The van der Waals surface area contributed by atoms with E-state index in [4.69, 9.17) is 4.74 Å². The van der Waals surface area contributed by atoms with Gasteiger partial charge in [0.25, 0.3) is 0 Å². The van der Waals surface area contributed by atoms with E-state index in [0.29, 0.717) is 5.92 Å². The summed E-state index contributed by atoms with van der Waals surface area (Å²) in [5, 5.41) is 0. The van der Waals surface area contributed by atoms with Crippen LogP contribution in [-0.2, 0) is 0 Å². The molecule has 0 saturated heterocycles. The molecule has 90 valence electrons. The lowest BCUT2D eigenvalue weighted by Gasteiger charge is -2.16. The van der Waals surface area contributed by atoms with Crippen LogP contribution < -0.4 is 4.74 Å². The number of rotatable bonds is 7. The van der Waals surface area contributed by atoms with Gasteiger partial charge in [-0.15, -0.1) is 0 Å². The van der Waals surface area contributed by atoms with Crippen molar-refractivity contribution in [2.45, 2.75) is 39.5 Å². The highest BCUT2D eigenvalue weighted by Crippen LogP contribution is 2.25. The van der Waals surface area contributed by atoms with Crippen LogP contribution in [-0.4, -0.2) is 6.61 Å². The Bertz CT molecular complexity index is 299. The molecule has 0 radical (unpaired) electrons. The van der Waals surface area contributed by atoms with Gasteiger partial charge in [-0.25, -0.2) is 0 Å². The first kappa shape index (κ1) is 13.6. The van der Waals surface area contributed by atoms with Gasteiger partial charge in [-0.1, -0.05) is 45.2 Å². The first-order valence-corrected chi connectivity index (χ1v) is 6.94. The van der Waals surface area contributed by atoms with Crippen molar-refractivity contribution in [2.75, 3.05) is 6.61 Å². The molecule has 0 spiro atoms. The summed E-state index contributed by atoms with van der Waals surface area (Å²) in [6.45, 7) is 5.31. The van der Waals surface area contributed by atoms with Crippen LogP contribution in [0.15, 0.2) is 28.7 Å². The van der Waals surface area contributed by atoms with Gasteiger partial charge in [0.05, 0.1) is 11.1 Å².